The number of hydrogen-bond acceptors (Lipinski definition) is 4. The van der Waals surface area contributed by atoms with Gasteiger partial charge in [-0.15, -0.1) is 11.3 Å². The first-order valence-electron chi connectivity index (χ1n) is 4.81. The molecule has 84 valence electrons. The van der Waals surface area contributed by atoms with Crippen molar-refractivity contribution in [1.82, 2.24) is 4.98 Å². The number of halogens is 1. The predicted molar refractivity (Wildman–Crippen MR) is 67.9 cm³/mol. The van der Waals surface area contributed by atoms with Gasteiger partial charge in [0.1, 0.15) is 6.23 Å². The summed E-state index contributed by atoms with van der Waals surface area (Å²) in [6.07, 6.45) is -0.593. The van der Waals surface area contributed by atoms with Gasteiger partial charge in [-0.05, 0) is 19.1 Å². The summed E-state index contributed by atoms with van der Waals surface area (Å²) >= 11 is 7.27. The van der Waals surface area contributed by atoms with Crippen LogP contribution in [0.3, 0.4) is 0 Å². The standard InChI is InChI=1S/C11H11ClN2OS/c1-7(15)13-11-14-10(6-16-11)8-2-4-9(12)5-3-8/h2-7,15H,1H3,(H,13,14). The molecule has 0 aliphatic rings. The molecule has 2 aromatic rings. The molecular formula is C11H11ClN2OS. The molecule has 16 heavy (non-hydrogen) atoms. The highest BCUT2D eigenvalue weighted by atomic mass is 35.5. The minimum atomic E-state index is -0.593. The van der Waals surface area contributed by atoms with Crippen molar-refractivity contribution in [2.75, 3.05) is 5.32 Å². The van der Waals surface area contributed by atoms with E-state index in [1.54, 1.807) is 6.92 Å². The molecule has 5 heteroatoms. The third-order valence-electron chi connectivity index (χ3n) is 1.98. The lowest BCUT2D eigenvalue weighted by Crippen LogP contribution is -2.12. The zero-order valence-electron chi connectivity index (χ0n) is 8.64. The van der Waals surface area contributed by atoms with Crippen molar-refractivity contribution < 1.29 is 5.11 Å². The van der Waals surface area contributed by atoms with E-state index in [4.69, 9.17) is 16.7 Å². The summed E-state index contributed by atoms with van der Waals surface area (Å²) in [7, 11) is 0. The average Bonchev–Trinajstić information content (AvgIpc) is 2.66. The lowest BCUT2D eigenvalue weighted by atomic mass is 10.2. The number of aliphatic hydroxyl groups excluding tert-OH is 1. The van der Waals surface area contributed by atoms with Gasteiger partial charge in [-0.25, -0.2) is 4.98 Å². The minimum Gasteiger partial charge on any atom is -0.374 e. The van der Waals surface area contributed by atoms with E-state index < -0.39 is 6.23 Å². The Kier molecular flexibility index (Phi) is 3.43. The lowest BCUT2D eigenvalue weighted by molar-refractivity contribution is 0.224. The van der Waals surface area contributed by atoms with Gasteiger partial charge in [0.2, 0.25) is 0 Å². The fourth-order valence-corrected chi connectivity index (χ4v) is 2.20. The molecule has 1 atom stereocenters. The van der Waals surface area contributed by atoms with E-state index in [1.807, 2.05) is 29.6 Å². The van der Waals surface area contributed by atoms with Crippen LogP contribution in [0.4, 0.5) is 5.13 Å². The first-order chi connectivity index (χ1) is 7.65. The van der Waals surface area contributed by atoms with Crippen molar-refractivity contribution in [3.63, 3.8) is 0 Å². The number of thiazole rings is 1. The smallest absolute Gasteiger partial charge is 0.185 e. The fraction of sp³-hybridized carbons (Fsp3) is 0.182. The molecule has 0 saturated heterocycles. The normalized spacial score (nSPS) is 12.4. The lowest BCUT2D eigenvalue weighted by Gasteiger charge is -2.03. The number of nitrogens with zero attached hydrogens (tertiary/aromatic N) is 1. The van der Waals surface area contributed by atoms with E-state index in [-0.39, 0.29) is 0 Å². The van der Waals surface area contributed by atoms with Crippen LogP contribution < -0.4 is 5.32 Å². The number of benzene rings is 1. The number of anilines is 1. The quantitative estimate of drug-likeness (QED) is 0.827. The topological polar surface area (TPSA) is 45.1 Å². The number of aliphatic hydroxyl groups is 1. The number of rotatable bonds is 3. The maximum atomic E-state index is 9.16. The fourth-order valence-electron chi connectivity index (χ4n) is 1.27. The molecule has 3 nitrogen and oxygen atoms in total. The highest BCUT2D eigenvalue weighted by molar-refractivity contribution is 7.14. The molecule has 0 saturated carbocycles. The van der Waals surface area contributed by atoms with Gasteiger partial charge in [-0.1, -0.05) is 23.7 Å². The van der Waals surface area contributed by atoms with Crippen LogP contribution in [0.25, 0.3) is 11.3 Å². The maximum absolute atomic E-state index is 9.16. The Balaban J connectivity index is 2.21. The van der Waals surface area contributed by atoms with Crippen LogP contribution in [0.1, 0.15) is 6.92 Å². The molecule has 0 amide bonds. The third kappa shape index (κ3) is 2.72. The Morgan fingerprint density at radius 3 is 2.69 bits per heavy atom. The Morgan fingerprint density at radius 2 is 2.06 bits per heavy atom. The summed E-state index contributed by atoms with van der Waals surface area (Å²) in [5.41, 5.74) is 1.89. The van der Waals surface area contributed by atoms with Gasteiger partial charge in [0, 0.05) is 16.0 Å². The van der Waals surface area contributed by atoms with E-state index in [0.29, 0.717) is 10.2 Å². The molecule has 0 bridgehead atoms. The minimum absolute atomic E-state index is 0.593. The first kappa shape index (κ1) is 11.4. The monoisotopic (exact) mass is 254 g/mol. The van der Waals surface area contributed by atoms with Crippen LogP contribution in [0.5, 0.6) is 0 Å². The number of hydrogen-bond donors (Lipinski definition) is 2. The van der Waals surface area contributed by atoms with Crippen molar-refractivity contribution in [3.8, 4) is 11.3 Å². The molecule has 1 aromatic heterocycles. The Bertz CT molecular complexity index is 467. The zero-order valence-corrected chi connectivity index (χ0v) is 10.2. The van der Waals surface area contributed by atoms with Crippen molar-refractivity contribution in [3.05, 3.63) is 34.7 Å². The van der Waals surface area contributed by atoms with Gasteiger partial charge in [-0.2, -0.15) is 0 Å². The van der Waals surface area contributed by atoms with Crippen molar-refractivity contribution in [2.24, 2.45) is 0 Å². The second-order valence-electron chi connectivity index (χ2n) is 3.37. The van der Waals surface area contributed by atoms with E-state index in [0.717, 1.165) is 11.3 Å². The van der Waals surface area contributed by atoms with Gasteiger partial charge in [0.15, 0.2) is 5.13 Å². The molecular weight excluding hydrogens is 244 g/mol. The number of aromatic nitrogens is 1. The van der Waals surface area contributed by atoms with E-state index in [1.165, 1.54) is 11.3 Å². The summed E-state index contributed by atoms with van der Waals surface area (Å²) in [4.78, 5) is 4.35. The second kappa shape index (κ2) is 4.82. The molecule has 1 unspecified atom stereocenters. The molecule has 2 rings (SSSR count). The molecule has 1 aromatic carbocycles. The third-order valence-corrected chi connectivity index (χ3v) is 3.00. The van der Waals surface area contributed by atoms with Crippen molar-refractivity contribution >= 4 is 28.1 Å². The molecule has 0 fully saturated rings. The summed E-state index contributed by atoms with van der Waals surface area (Å²) < 4.78 is 0. The van der Waals surface area contributed by atoms with Gasteiger partial charge in [-0.3, -0.25) is 0 Å². The molecule has 1 heterocycles. The highest BCUT2D eigenvalue weighted by Gasteiger charge is 2.05. The first-order valence-corrected chi connectivity index (χ1v) is 6.07. The Labute approximate surface area is 103 Å². The highest BCUT2D eigenvalue weighted by Crippen LogP contribution is 2.26. The van der Waals surface area contributed by atoms with Crippen LogP contribution in [-0.2, 0) is 0 Å². The second-order valence-corrected chi connectivity index (χ2v) is 4.66. The maximum Gasteiger partial charge on any atom is 0.185 e. The summed E-state index contributed by atoms with van der Waals surface area (Å²) in [5.74, 6) is 0. The van der Waals surface area contributed by atoms with Crippen molar-refractivity contribution in [2.45, 2.75) is 13.2 Å². The Hall–Kier alpha value is -1.10. The molecule has 0 aliphatic carbocycles. The zero-order chi connectivity index (χ0) is 11.5. The van der Waals surface area contributed by atoms with Gasteiger partial charge in [0.25, 0.3) is 0 Å². The van der Waals surface area contributed by atoms with Crippen LogP contribution in [0.15, 0.2) is 29.6 Å². The predicted octanol–water partition coefficient (Wildman–Crippen LogP) is 3.21. The van der Waals surface area contributed by atoms with Crippen molar-refractivity contribution in [1.29, 1.82) is 0 Å². The van der Waals surface area contributed by atoms with Crippen LogP contribution in [-0.4, -0.2) is 16.3 Å². The van der Waals surface area contributed by atoms with E-state index >= 15 is 0 Å². The molecule has 0 spiro atoms. The Morgan fingerprint density at radius 1 is 1.38 bits per heavy atom. The van der Waals surface area contributed by atoms with Crippen LogP contribution >= 0.6 is 22.9 Å². The average molecular weight is 255 g/mol. The molecule has 0 radical (unpaired) electrons. The van der Waals surface area contributed by atoms with Crippen LogP contribution in [0.2, 0.25) is 5.02 Å². The largest absolute Gasteiger partial charge is 0.374 e. The molecule has 2 N–H and O–H groups in total. The summed E-state index contributed by atoms with van der Waals surface area (Å²) in [6, 6.07) is 7.50. The van der Waals surface area contributed by atoms with E-state index in [2.05, 4.69) is 10.3 Å². The van der Waals surface area contributed by atoms with Gasteiger partial charge >= 0.3 is 0 Å². The van der Waals surface area contributed by atoms with Gasteiger partial charge < -0.3 is 10.4 Å². The molecule has 0 aliphatic heterocycles. The van der Waals surface area contributed by atoms with Gasteiger partial charge in [0.05, 0.1) is 5.69 Å². The van der Waals surface area contributed by atoms with Crippen LogP contribution in [0, 0.1) is 0 Å². The summed E-state index contributed by atoms with van der Waals surface area (Å²) in [6.45, 7) is 1.66. The summed E-state index contributed by atoms with van der Waals surface area (Å²) in [5, 5.41) is 15.4. The number of nitrogens with one attached hydrogen (secondary N) is 1. The van der Waals surface area contributed by atoms with E-state index in [9.17, 15) is 0 Å². The SMILES string of the molecule is CC(O)Nc1nc(-c2ccc(Cl)cc2)cs1.